The fourth-order valence-electron chi connectivity index (χ4n) is 3.29. The number of aromatic nitrogens is 2. The molecule has 0 unspecified atom stereocenters. The lowest BCUT2D eigenvalue weighted by molar-refractivity contribution is -0.117. The molecule has 1 aromatic heterocycles. The number of nitrogens with one attached hydrogen (secondary N) is 1. The topological polar surface area (TPSA) is 50.2 Å². The number of hydrogen-bond donors (Lipinski definition) is 1. The number of rotatable bonds is 5. The first kappa shape index (κ1) is 16.6. The maximum atomic E-state index is 13.0. The van der Waals surface area contributed by atoms with Crippen molar-refractivity contribution in [3.63, 3.8) is 0 Å². The molecular weight excluding hydrogens is 307 g/mol. The first-order chi connectivity index (χ1) is 11.5. The third-order valence-electron chi connectivity index (χ3n) is 4.44. The molecule has 1 amide bonds. The fraction of sp³-hybridized carbons (Fsp3) is 0.444. The van der Waals surface area contributed by atoms with E-state index in [1.807, 2.05) is 32.2 Å². The van der Waals surface area contributed by atoms with E-state index in [2.05, 4.69) is 15.3 Å². The Kier molecular flexibility index (Phi) is 4.94. The highest BCUT2D eigenvalue weighted by Crippen LogP contribution is 2.21. The first-order valence-corrected chi connectivity index (χ1v) is 8.27. The Morgan fingerprint density at radius 1 is 1.38 bits per heavy atom. The van der Waals surface area contributed by atoms with Crippen LogP contribution >= 0.6 is 0 Å². The maximum Gasteiger partial charge on any atom is 0.239 e. The Morgan fingerprint density at radius 3 is 2.79 bits per heavy atom. The number of anilines is 1. The second-order valence-corrected chi connectivity index (χ2v) is 6.56. The fourth-order valence-corrected chi connectivity index (χ4v) is 3.29. The van der Waals surface area contributed by atoms with Gasteiger partial charge in [-0.15, -0.1) is 0 Å². The van der Waals surface area contributed by atoms with Crippen LogP contribution in [0.15, 0.2) is 30.3 Å². The highest BCUT2D eigenvalue weighted by Gasteiger charge is 2.24. The van der Waals surface area contributed by atoms with Crippen LogP contribution in [0.4, 0.5) is 10.2 Å². The molecule has 6 heteroatoms. The Hall–Kier alpha value is -2.21. The SMILES string of the molecule is Cc1cc(NC(=O)CN2CC[C@H](Cc3ccc(F)cc3)C2)n(C)n1. The number of hydrogen-bond acceptors (Lipinski definition) is 3. The van der Waals surface area contributed by atoms with Crippen molar-refractivity contribution in [1.29, 1.82) is 0 Å². The summed E-state index contributed by atoms with van der Waals surface area (Å²) >= 11 is 0. The van der Waals surface area contributed by atoms with E-state index < -0.39 is 0 Å². The molecule has 1 aliphatic rings. The molecule has 2 heterocycles. The van der Waals surface area contributed by atoms with Crippen molar-refractivity contribution in [2.75, 3.05) is 25.0 Å². The number of carbonyl (C=O) groups excluding carboxylic acids is 1. The molecule has 5 nitrogen and oxygen atoms in total. The van der Waals surface area contributed by atoms with Gasteiger partial charge in [-0.3, -0.25) is 14.4 Å². The summed E-state index contributed by atoms with van der Waals surface area (Å²) < 4.78 is 14.6. The molecule has 0 spiro atoms. The molecule has 1 saturated heterocycles. The van der Waals surface area contributed by atoms with E-state index >= 15 is 0 Å². The minimum atomic E-state index is -0.200. The molecule has 1 fully saturated rings. The van der Waals surface area contributed by atoms with E-state index in [1.165, 1.54) is 12.1 Å². The van der Waals surface area contributed by atoms with Crippen molar-refractivity contribution in [2.45, 2.75) is 19.8 Å². The van der Waals surface area contributed by atoms with Gasteiger partial charge in [0.05, 0.1) is 12.2 Å². The summed E-state index contributed by atoms with van der Waals surface area (Å²) in [5.74, 6) is 1.02. The van der Waals surface area contributed by atoms with Crippen molar-refractivity contribution in [1.82, 2.24) is 14.7 Å². The lowest BCUT2D eigenvalue weighted by Gasteiger charge is -2.15. The molecule has 3 rings (SSSR count). The predicted octanol–water partition coefficient (Wildman–Crippen LogP) is 2.37. The number of benzene rings is 1. The average Bonchev–Trinajstić information content (AvgIpc) is 3.08. The summed E-state index contributed by atoms with van der Waals surface area (Å²) in [6.45, 7) is 4.11. The number of aryl methyl sites for hydroxylation is 2. The van der Waals surface area contributed by atoms with Crippen molar-refractivity contribution in [3.8, 4) is 0 Å². The number of nitrogens with zero attached hydrogens (tertiary/aromatic N) is 3. The molecule has 0 aliphatic carbocycles. The monoisotopic (exact) mass is 330 g/mol. The predicted molar refractivity (Wildman–Crippen MR) is 91.2 cm³/mol. The van der Waals surface area contributed by atoms with Gasteiger partial charge < -0.3 is 5.32 Å². The zero-order chi connectivity index (χ0) is 17.1. The molecule has 1 aromatic carbocycles. The van der Waals surface area contributed by atoms with Crippen LogP contribution in [0.25, 0.3) is 0 Å². The molecule has 2 aromatic rings. The van der Waals surface area contributed by atoms with Crippen LogP contribution in [0.5, 0.6) is 0 Å². The molecule has 1 atom stereocenters. The minimum Gasteiger partial charge on any atom is -0.310 e. The summed E-state index contributed by atoms with van der Waals surface area (Å²) in [5, 5.41) is 7.13. The van der Waals surface area contributed by atoms with Gasteiger partial charge in [0.1, 0.15) is 11.6 Å². The van der Waals surface area contributed by atoms with Gasteiger partial charge in [0, 0.05) is 19.7 Å². The van der Waals surface area contributed by atoms with Crippen LogP contribution in [0.3, 0.4) is 0 Å². The van der Waals surface area contributed by atoms with Crippen LogP contribution in [0.2, 0.25) is 0 Å². The van der Waals surface area contributed by atoms with Crippen LogP contribution in [0.1, 0.15) is 17.7 Å². The normalized spacial score (nSPS) is 18.0. The number of halogens is 1. The Balaban J connectivity index is 1.48. The molecule has 24 heavy (non-hydrogen) atoms. The average molecular weight is 330 g/mol. The van der Waals surface area contributed by atoms with Crippen molar-refractivity contribution >= 4 is 11.7 Å². The van der Waals surface area contributed by atoms with Gasteiger partial charge in [0.2, 0.25) is 5.91 Å². The van der Waals surface area contributed by atoms with E-state index in [1.54, 1.807) is 4.68 Å². The summed E-state index contributed by atoms with van der Waals surface area (Å²) in [7, 11) is 1.82. The van der Waals surface area contributed by atoms with E-state index in [4.69, 9.17) is 0 Å². The number of carbonyl (C=O) groups is 1. The quantitative estimate of drug-likeness (QED) is 0.916. The highest BCUT2D eigenvalue weighted by atomic mass is 19.1. The second kappa shape index (κ2) is 7.13. The Labute approximate surface area is 141 Å². The molecule has 128 valence electrons. The van der Waals surface area contributed by atoms with Crippen molar-refractivity contribution in [3.05, 3.63) is 47.4 Å². The smallest absolute Gasteiger partial charge is 0.239 e. The molecular formula is C18H23FN4O. The van der Waals surface area contributed by atoms with E-state index in [0.717, 1.165) is 43.0 Å². The van der Waals surface area contributed by atoms with Gasteiger partial charge in [-0.2, -0.15) is 5.10 Å². The number of likely N-dealkylation sites (tertiary alicyclic amines) is 1. The van der Waals surface area contributed by atoms with Crippen LogP contribution in [0, 0.1) is 18.7 Å². The van der Waals surface area contributed by atoms with E-state index in [0.29, 0.717) is 12.5 Å². The molecule has 1 N–H and O–H groups in total. The van der Waals surface area contributed by atoms with Crippen molar-refractivity contribution in [2.24, 2.45) is 13.0 Å². The third kappa shape index (κ3) is 4.20. The first-order valence-electron chi connectivity index (χ1n) is 8.27. The number of amides is 1. The van der Waals surface area contributed by atoms with E-state index in [-0.39, 0.29) is 11.7 Å². The summed E-state index contributed by atoms with van der Waals surface area (Å²) in [6, 6.07) is 8.56. The third-order valence-corrected chi connectivity index (χ3v) is 4.44. The van der Waals surface area contributed by atoms with E-state index in [9.17, 15) is 9.18 Å². The second-order valence-electron chi connectivity index (χ2n) is 6.56. The lowest BCUT2D eigenvalue weighted by Crippen LogP contribution is -2.32. The molecule has 0 radical (unpaired) electrons. The van der Waals surface area contributed by atoms with Gasteiger partial charge in [-0.05, 0) is 49.9 Å². The van der Waals surface area contributed by atoms with Crippen LogP contribution < -0.4 is 5.32 Å². The summed E-state index contributed by atoms with van der Waals surface area (Å²) in [6.07, 6.45) is 1.99. The van der Waals surface area contributed by atoms with Crippen LogP contribution in [-0.4, -0.2) is 40.2 Å². The Bertz CT molecular complexity index is 710. The van der Waals surface area contributed by atoms with Gasteiger partial charge in [0.15, 0.2) is 0 Å². The highest BCUT2D eigenvalue weighted by molar-refractivity contribution is 5.91. The zero-order valence-corrected chi connectivity index (χ0v) is 14.1. The van der Waals surface area contributed by atoms with Gasteiger partial charge in [-0.25, -0.2) is 4.39 Å². The summed E-state index contributed by atoms with van der Waals surface area (Å²) in [5.41, 5.74) is 2.03. The minimum absolute atomic E-state index is 0.0135. The van der Waals surface area contributed by atoms with Gasteiger partial charge in [0.25, 0.3) is 0 Å². The Morgan fingerprint density at radius 2 is 2.12 bits per heavy atom. The van der Waals surface area contributed by atoms with Crippen molar-refractivity contribution < 1.29 is 9.18 Å². The zero-order valence-electron chi connectivity index (χ0n) is 14.1. The lowest BCUT2D eigenvalue weighted by atomic mass is 9.99. The van der Waals surface area contributed by atoms with Gasteiger partial charge in [-0.1, -0.05) is 12.1 Å². The standard InChI is InChI=1S/C18H23FN4O/c1-13-9-17(22(2)21-13)20-18(24)12-23-8-7-15(11-23)10-14-3-5-16(19)6-4-14/h3-6,9,15H,7-8,10-12H2,1-2H3,(H,20,24)/t15-/m1/s1. The molecule has 0 saturated carbocycles. The maximum absolute atomic E-state index is 13.0. The summed E-state index contributed by atoms with van der Waals surface area (Å²) in [4.78, 5) is 14.4. The van der Waals surface area contributed by atoms with Crippen LogP contribution in [-0.2, 0) is 18.3 Å². The largest absolute Gasteiger partial charge is 0.310 e. The van der Waals surface area contributed by atoms with Gasteiger partial charge >= 0.3 is 0 Å². The molecule has 1 aliphatic heterocycles. The molecule has 0 bridgehead atoms.